The molecule has 0 spiro atoms. The van der Waals surface area contributed by atoms with Crippen molar-refractivity contribution in [2.24, 2.45) is 9.98 Å². The van der Waals surface area contributed by atoms with E-state index in [-0.39, 0.29) is 17.2 Å². The van der Waals surface area contributed by atoms with Crippen LogP contribution in [0.5, 0.6) is 5.75 Å². The number of aliphatic imine (C=N–C) groups is 2. The molecule has 1 fully saturated rings. The van der Waals surface area contributed by atoms with Crippen molar-refractivity contribution in [3.63, 3.8) is 0 Å². The highest BCUT2D eigenvalue weighted by Gasteiger charge is 2.46. The number of nitro groups is 1. The average molecular weight is 416 g/mol. The first-order valence-electron chi connectivity index (χ1n) is 10.3. The van der Waals surface area contributed by atoms with E-state index in [0.717, 1.165) is 24.2 Å². The first-order chi connectivity index (χ1) is 15.2. The third kappa shape index (κ3) is 3.40. The van der Waals surface area contributed by atoms with Crippen LogP contribution in [0.1, 0.15) is 24.8 Å². The second-order valence-corrected chi connectivity index (χ2v) is 7.73. The second kappa shape index (κ2) is 7.81. The first-order valence-corrected chi connectivity index (χ1v) is 10.3. The Hall–Kier alpha value is -3.78. The summed E-state index contributed by atoms with van der Waals surface area (Å²) in [4.78, 5) is 19.6. The number of para-hydroxylation sites is 1. The largest absolute Gasteiger partial charge is 0.489 e. The van der Waals surface area contributed by atoms with Crippen molar-refractivity contribution in [1.29, 1.82) is 0 Å². The summed E-state index contributed by atoms with van der Waals surface area (Å²) in [5.74, 6) is 0.662. The molecule has 3 aliphatic rings. The van der Waals surface area contributed by atoms with Gasteiger partial charge in [0.25, 0.3) is 5.69 Å². The van der Waals surface area contributed by atoms with Crippen LogP contribution in [0.25, 0.3) is 0 Å². The predicted octanol–water partition coefficient (Wildman–Crippen LogP) is 4.70. The van der Waals surface area contributed by atoms with E-state index in [9.17, 15) is 10.1 Å². The van der Waals surface area contributed by atoms with Crippen LogP contribution in [-0.2, 0) is 6.61 Å². The number of nitro benzene ring substituents is 1. The number of fused-ring (bicyclic) bond motifs is 1. The van der Waals surface area contributed by atoms with Crippen LogP contribution in [0.4, 0.5) is 11.4 Å². The highest BCUT2D eigenvalue weighted by molar-refractivity contribution is 5.82. The minimum Gasteiger partial charge on any atom is -0.489 e. The second-order valence-electron chi connectivity index (χ2n) is 7.73. The molecule has 2 aromatic rings. The van der Waals surface area contributed by atoms with Gasteiger partial charge in [0, 0.05) is 12.1 Å². The molecule has 0 aromatic heterocycles. The smallest absolute Gasteiger partial charge is 0.276 e. The molecular weight excluding hydrogens is 394 g/mol. The summed E-state index contributed by atoms with van der Waals surface area (Å²) in [6, 6.07) is 14.9. The molecule has 0 saturated heterocycles. The predicted molar refractivity (Wildman–Crippen MR) is 118 cm³/mol. The zero-order valence-electron chi connectivity index (χ0n) is 16.9. The minimum atomic E-state index is -0.381. The maximum atomic E-state index is 11.3. The van der Waals surface area contributed by atoms with Crippen LogP contribution in [0, 0.1) is 10.1 Å². The summed E-state index contributed by atoms with van der Waals surface area (Å²) >= 11 is 0. The van der Waals surface area contributed by atoms with E-state index in [1.54, 1.807) is 24.4 Å². The lowest BCUT2D eigenvalue weighted by atomic mass is 9.91. The number of hydrogen-bond donors (Lipinski definition) is 0. The number of rotatable bonds is 7. The van der Waals surface area contributed by atoms with Gasteiger partial charge in [0.2, 0.25) is 12.0 Å². The highest BCUT2D eigenvalue weighted by atomic mass is 16.6. The maximum Gasteiger partial charge on any atom is 0.276 e. The summed E-state index contributed by atoms with van der Waals surface area (Å²) in [7, 11) is 0. The lowest BCUT2D eigenvalue weighted by molar-refractivity contribution is -0.746. The zero-order valence-corrected chi connectivity index (χ0v) is 16.9. The summed E-state index contributed by atoms with van der Waals surface area (Å²) in [5.41, 5.74) is 2.60. The van der Waals surface area contributed by atoms with Crippen molar-refractivity contribution in [3.05, 3.63) is 88.5 Å². The van der Waals surface area contributed by atoms with Crippen molar-refractivity contribution in [1.82, 2.24) is 0 Å². The molecule has 1 aliphatic carbocycles. The molecule has 5 rings (SSSR count). The summed E-state index contributed by atoms with van der Waals surface area (Å²) in [6.07, 6.45) is 12.8. The molecule has 0 bridgehead atoms. The third-order valence-electron chi connectivity index (χ3n) is 5.89. The fraction of sp³-hybridized carbons (Fsp3) is 0.217. The number of anilines is 1. The van der Waals surface area contributed by atoms with Gasteiger partial charge < -0.3 is 4.74 Å². The quantitative estimate of drug-likeness (QED) is 0.372. The van der Waals surface area contributed by atoms with Crippen LogP contribution in [0.15, 0.2) is 82.8 Å². The highest BCUT2D eigenvalue weighted by Crippen LogP contribution is 2.40. The van der Waals surface area contributed by atoms with Gasteiger partial charge in [-0.1, -0.05) is 18.2 Å². The number of ether oxygens (including phenoxy) is 1. The van der Waals surface area contributed by atoms with E-state index in [4.69, 9.17) is 4.74 Å². The fourth-order valence-electron chi connectivity index (χ4n) is 4.12. The molecule has 2 heterocycles. The molecule has 2 aromatic carbocycles. The Morgan fingerprint density at radius 1 is 1.16 bits per heavy atom. The third-order valence-corrected chi connectivity index (χ3v) is 5.89. The number of quaternary nitrogens is 1. The van der Waals surface area contributed by atoms with Gasteiger partial charge in [-0.3, -0.25) is 15.1 Å². The van der Waals surface area contributed by atoms with Crippen LogP contribution in [-0.4, -0.2) is 28.1 Å². The lowest BCUT2D eigenvalue weighted by Crippen LogP contribution is -2.61. The molecule has 0 N–H and O–H groups in total. The average Bonchev–Trinajstić information content (AvgIpc) is 3.19. The van der Waals surface area contributed by atoms with Gasteiger partial charge in [0.05, 0.1) is 40.8 Å². The standard InChI is InChI=1S/C23H22N5O3/c29-27(30)23-10-2-1-5-18(23)16-31-22-9-4-8-20(13-22)26(19-6-3-7-19)28-12-11-24-14-21(28)15-25-17-28/h1-2,4-5,8-15,17,19H,3,6-7,16H2/q+1. The van der Waals surface area contributed by atoms with Crippen LogP contribution < -0.4 is 9.75 Å². The summed E-state index contributed by atoms with van der Waals surface area (Å²) < 4.78 is 6.35. The normalized spacial score (nSPS) is 21.4. The molecule has 8 nitrogen and oxygen atoms in total. The number of allylic oxidation sites excluding steroid dienone is 1. The Labute approximate surface area is 179 Å². The monoisotopic (exact) mass is 416 g/mol. The molecule has 1 atom stereocenters. The molecular formula is C23H22N5O3+. The Kier molecular flexibility index (Phi) is 4.83. The first kappa shape index (κ1) is 19.2. The maximum absolute atomic E-state index is 11.3. The molecule has 1 unspecified atom stereocenters. The van der Waals surface area contributed by atoms with E-state index in [0.29, 0.717) is 21.9 Å². The van der Waals surface area contributed by atoms with Gasteiger partial charge in [-0.15, -0.1) is 4.59 Å². The van der Waals surface area contributed by atoms with Gasteiger partial charge in [-0.2, -0.15) is 0 Å². The van der Waals surface area contributed by atoms with Crippen molar-refractivity contribution < 1.29 is 14.3 Å². The van der Waals surface area contributed by atoms with Crippen molar-refractivity contribution in [2.45, 2.75) is 31.9 Å². The topological polar surface area (TPSA) is 80.3 Å². The molecule has 156 valence electrons. The zero-order chi connectivity index (χ0) is 21.3. The Morgan fingerprint density at radius 2 is 2.03 bits per heavy atom. The van der Waals surface area contributed by atoms with Gasteiger partial charge in [0.15, 0.2) is 6.20 Å². The van der Waals surface area contributed by atoms with E-state index in [1.165, 1.54) is 12.5 Å². The number of nitrogens with zero attached hydrogens (tertiary/aromatic N) is 5. The summed E-state index contributed by atoms with van der Waals surface area (Å²) in [5, 5.41) is 13.6. The number of hydrogen-bond acceptors (Lipinski definition) is 6. The van der Waals surface area contributed by atoms with E-state index in [1.807, 2.05) is 43.2 Å². The van der Waals surface area contributed by atoms with E-state index < -0.39 is 0 Å². The Morgan fingerprint density at radius 3 is 2.84 bits per heavy atom. The van der Waals surface area contributed by atoms with Crippen molar-refractivity contribution >= 4 is 23.9 Å². The van der Waals surface area contributed by atoms with Crippen molar-refractivity contribution in [3.8, 4) is 5.75 Å². The SMILES string of the molecule is O=[N+]([O-])c1ccccc1COc1cccc(N(C2CCC2)[N+]23C=CN=CC2=CN=C3)c1. The van der Waals surface area contributed by atoms with Crippen molar-refractivity contribution in [2.75, 3.05) is 5.01 Å². The summed E-state index contributed by atoms with van der Waals surface area (Å²) in [6.45, 7) is 0.128. The fourth-order valence-corrected chi connectivity index (χ4v) is 4.12. The Bertz CT molecular complexity index is 1140. The van der Waals surface area contributed by atoms with Gasteiger partial charge in [-0.25, -0.2) is 10.0 Å². The molecule has 2 aliphatic heterocycles. The van der Waals surface area contributed by atoms with Crippen LogP contribution in [0.2, 0.25) is 0 Å². The molecule has 0 radical (unpaired) electrons. The molecule has 0 amide bonds. The Balaban J connectivity index is 1.44. The molecule has 1 saturated carbocycles. The van der Waals surface area contributed by atoms with Gasteiger partial charge in [0.1, 0.15) is 12.4 Å². The van der Waals surface area contributed by atoms with Crippen LogP contribution >= 0.6 is 0 Å². The lowest BCUT2D eigenvalue weighted by Gasteiger charge is -2.46. The van der Waals surface area contributed by atoms with E-state index >= 15 is 0 Å². The van der Waals surface area contributed by atoms with Crippen LogP contribution in [0.3, 0.4) is 0 Å². The van der Waals surface area contributed by atoms with Gasteiger partial charge >= 0.3 is 0 Å². The number of benzene rings is 2. The van der Waals surface area contributed by atoms with Gasteiger partial charge in [-0.05, 0) is 37.5 Å². The molecule has 8 heteroatoms. The molecule has 31 heavy (non-hydrogen) atoms. The van der Waals surface area contributed by atoms with E-state index in [2.05, 4.69) is 21.1 Å². The minimum absolute atomic E-state index is 0.0638.